The predicted molar refractivity (Wildman–Crippen MR) is 68.1 cm³/mol. The Morgan fingerprint density at radius 1 is 1.53 bits per heavy atom. The van der Waals surface area contributed by atoms with Gasteiger partial charge in [-0.2, -0.15) is 5.10 Å². The number of hydrogen-bond donors (Lipinski definition) is 2. The lowest BCUT2D eigenvalue weighted by Gasteiger charge is -2.15. The Balaban J connectivity index is 2.94. The number of carboxylic acids is 1. The van der Waals surface area contributed by atoms with Crippen LogP contribution >= 0.6 is 0 Å². The number of aromatic nitrogens is 2. The summed E-state index contributed by atoms with van der Waals surface area (Å²) in [5.74, 6) is -1.70. The standard InChI is InChI=1S/C11H16N4O4/c1-7(16)13-9(11(18)19)6-15-10(17)4-8(5-12-15)14(2)3/h4-5,9H,6H2,1-3H3,(H,13,16)(H,18,19). The van der Waals surface area contributed by atoms with Crippen LogP contribution in [0.5, 0.6) is 0 Å². The van der Waals surface area contributed by atoms with Gasteiger partial charge in [0, 0.05) is 27.1 Å². The third-order valence-corrected chi connectivity index (χ3v) is 2.40. The van der Waals surface area contributed by atoms with Gasteiger partial charge in [0.2, 0.25) is 5.91 Å². The zero-order chi connectivity index (χ0) is 14.6. The first-order chi connectivity index (χ1) is 8.81. The lowest BCUT2D eigenvalue weighted by atomic mass is 10.3. The molecule has 1 amide bonds. The molecule has 104 valence electrons. The van der Waals surface area contributed by atoms with Gasteiger partial charge >= 0.3 is 5.97 Å². The fourth-order valence-electron chi connectivity index (χ4n) is 1.41. The molecule has 1 rings (SSSR count). The van der Waals surface area contributed by atoms with Crippen LogP contribution in [0, 0.1) is 0 Å². The van der Waals surface area contributed by atoms with E-state index in [0.717, 1.165) is 4.68 Å². The molecular formula is C11H16N4O4. The van der Waals surface area contributed by atoms with E-state index in [1.54, 1.807) is 19.0 Å². The van der Waals surface area contributed by atoms with Crippen molar-refractivity contribution in [2.75, 3.05) is 19.0 Å². The zero-order valence-corrected chi connectivity index (χ0v) is 11.0. The van der Waals surface area contributed by atoms with Crippen LogP contribution in [-0.2, 0) is 16.1 Å². The van der Waals surface area contributed by atoms with Crippen LogP contribution < -0.4 is 15.8 Å². The number of carbonyl (C=O) groups is 2. The maximum atomic E-state index is 11.8. The minimum Gasteiger partial charge on any atom is -0.480 e. The van der Waals surface area contributed by atoms with Gasteiger partial charge in [-0.15, -0.1) is 0 Å². The molecular weight excluding hydrogens is 252 g/mol. The van der Waals surface area contributed by atoms with Crippen molar-refractivity contribution >= 4 is 17.6 Å². The summed E-state index contributed by atoms with van der Waals surface area (Å²) in [4.78, 5) is 35.3. The number of amides is 1. The summed E-state index contributed by atoms with van der Waals surface area (Å²) >= 11 is 0. The van der Waals surface area contributed by atoms with Gasteiger partial charge in [-0.25, -0.2) is 9.48 Å². The molecule has 0 radical (unpaired) electrons. The SMILES string of the molecule is CC(=O)NC(Cn1ncc(N(C)C)cc1=O)C(=O)O. The Morgan fingerprint density at radius 2 is 2.16 bits per heavy atom. The fourth-order valence-corrected chi connectivity index (χ4v) is 1.41. The van der Waals surface area contributed by atoms with E-state index >= 15 is 0 Å². The Labute approximate surface area is 109 Å². The lowest BCUT2D eigenvalue weighted by molar-refractivity contribution is -0.142. The summed E-state index contributed by atoms with van der Waals surface area (Å²) in [7, 11) is 3.52. The predicted octanol–water partition coefficient (Wildman–Crippen LogP) is -1.10. The largest absolute Gasteiger partial charge is 0.480 e. The molecule has 0 saturated heterocycles. The van der Waals surface area contributed by atoms with Crippen molar-refractivity contribution in [2.24, 2.45) is 0 Å². The first-order valence-corrected chi connectivity index (χ1v) is 5.55. The number of carbonyl (C=O) groups excluding carboxylic acids is 1. The molecule has 0 aromatic carbocycles. The second kappa shape index (κ2) is 5.98. The average molecular weight is 268 g/mol. The number of nitrogens with zero attached hydrogens (tertiary/aromatic N) is 3. The monoisotopic (exact) mass is 268 g/mol. The normalized spacial score (nSPS) is 11.7. The molecule has 0 bridgehead atoms. The van der Waals surface area contributed by atoms with E-state index in [1.165, 1.54) is 19.2 Å². The molecule has 0 aliphatic heterocycles. The zero-order valence-electron chi connectivity index (χ0n) is 11.0. The maximum Gasteiger partial charge on any atom is 0.328 e. The molecule has 19 heavy (non-hydrogen) atoms. The lowest BCUT2D eigenvalue weighted by Crippen LogP contribution is -2.45. The third-order valence-electron chi connectivity index (χ3n) is 2.40. The molecule has 0 aliphatic rings. The van der Waals surface area contributed by atoms with Crippen LogP contribution in [0.15, 0.2) is 17.1 Å². The van der Waals surface area contributed by atoms with Crippen LogP contribution in [0.1, 0.15) is 6.92 Å². The van der Waals surface area contributed by atoms with Gasteiger partial charge in [0.1, 0.15) is 6.04 Å². The quantitative estimate of drug-likeness (QED) is 0.702. The van der Waals surface area contributed by atoms with Crippen molar-refractivity contribution in [2.45, 2.75) is 19.5 Å². The van der Waals surface area contributed by atoms with Gasteiger partial charge in [0.15, 0.2) is 0 Å². The van der Waals surface area contributed by atoms with Crippen molar-refractivity contribution in [1.29, 1.82) is 0 Å². The number of carboxylic acid groups (broad SMARTS) is 1. The third kappa shape index (κ3) is 4.09. The minimum absolute atomic E-state index is 0.221. The Morgan fingerprint density at radius 3 is 2.58 bits per heavy atom. The van der Waals surface area contributed by atoms with Gasteiger partial charge in [-0.3, -0.25) is 9.59 Å². The second-order valence-corrected chi connectivity index (χ2v) is 4.22. The number of rotatable bonds is 5. The van der Waals surface area contributed by atoms with Crippen LogP contribution in [-0.4, -0.2) is 46.9 Å². The first-order valence-electron chi connectivity index (χ1n) is 5.55. The van der Waals surface area contributed by atoms with Gasteiger partial charge < -0.3 is 15.3 Å². The molecule has 8 heteroatoms. The van der Waals surface area contributed by atoms with Crippen LogP contribution in [0.4, 0.5) is 5.69 Å². The summed E-state index contributed by atoms with van der Waals surface area (Å²) in [6.45, 7) is 0.989. The second-order valence-electron chi connectivity index (χ2n) is 4.22. The topological polar surface area (TPSA) is 105 Å². The number of anilines is 1. The summed E-state index contributed by atoms with van der Waals surface area (Å²) in [6, 6.07) is 0.160. The van der Waals surface area contributed by atoms with E-state index in [-0.39, 0.29) is 6.54 Å². The van der Waals surface area contributed by atoms with E-state index in [0.29, 0.717) is 5.69 Å². The number of nitrogens with one attached hydrogen (secondary N) is 1. The fraction of sp³-hybridized carbons (Fsp3) is 0.455. The average Bonchev–Trinajstić information content (AvgIpc) is 2.29. The van der Waals surface area contributed by atoms with Crippen LogP contribution in [0.25, 0.3) is 0 Å². The summed E-state index contributed by atoms with van der Waals surface area (Å²) in [5.41, 5.74) is 0.190. The molecule has 1 heterocycles. The molecule has 1 unspecified atom stereocenters. The van der Waals surface area contributed by atoms with Crippen molar-refractivity contribution in [3.05, 3.63) is 22.6 Å². The first kappa shape index (κ1) is 14.7. The molecule has 1 aromatic rings. The van der Waals surface area contributed by atoms with Gasteiger partial charge in [-0.1, -0.05) is 0 Å². The molecule has 0 saturated carbocycles. The van der Waals surface area contributed by atoms with Gasteiger partial charge in [0.25, 0.3) is 5.56 Å². The van der Waals surface area contributed by atoms with E-state index < -0.39 is 23.5 Å². The molecule has 8 nitrogen and oxygen atoms in total. The maximum absolute atomic E-state index is 11.8. The Bertz CT molecular complexity index is 538. The highest BCUT2D eigenvalue weighted by Crippen LogP contribution is 2.03. The van der Waals surface area contributed by atoms with E-state index in [4.69, 9.17) is 5.11 Å². The molecule has 0 aliphatic carbocycles. The van der Waals surface area contributed by atoms with Crippen LogP contribution in [0.2, 0.25) is 0 Å². The Kier molecular flexibility index (Phi) is 4.62. The molecule has 0 fully saturated rings. The van der Waals surface area contributed by atoms with E-state index in [2.05, 4.69) is 10.4 Å². The smallest absolute Gasteiger partial charge is 0.328 e. The molecule has 2 N–H and O–H groups in total. The van der Waals surface area contributed by atoms with Gasteiger partial charge in [0.05, 0.1) is 18.4 Å². The van der Waals surface area contributed by atoms with E-state index in [9.17, 15) is 14.4 Å². The summed E-state index contributed by atoms with van der Waals surface area (Å²) in [5, 5.41) is 15.1. The number of aliphatic carboxylic acids is 1. The molecule has 1 aromatic heterocycles. The summed E-state index contributed by atoms with van der Waals surface area (Å²) < 4.78 is 1.00. The van der Waals surface area contributed by atoms with Crippen molar-refractivity contribution < 1.29 is 14.7 Å². The van der Waals surface area contributed by atoms with E-state index in [1.807, 2.05) is 0 Å². The highest BCUT2D eigenvalue weighted by atomic mass is 16.4. The molecule has 1 atom stereocenters. The minimum atomic E-state index is -1.22. The Hall–Kier alpha value is -2.38. The van der Waals surface area contributed by atoms with Crippen molar-refractivity contribution in [3.8, 4) is 0 Å². The highest BCUT2D eigenvalue weighted by molar-refractivity contribution is 5.81. The highest BCUT2D eigenvalue weighted by Gasteiger charge is 2.20. The van der Waals surface area contributed by atoms with Crippen LogP contribution in [0.3, 0.4) is 0 Å². The van der Waals surface area contributed by atoms with Crippen molar-refractivity contribution in [1.82, 2.24) is 15.1 Å². The summed E-state index contributed by atoms with van der Waals surface area (Å²) in [6.07, 6.45) is 1.45. The van der Waals surface area contributed by atoms with Gasteiger partial charge in [-0.05, 0) is 0 Å². The number of hydrogen-bond acceptors (Lipinski definition) is 5. The molecule has 0 spiro atoms. The van der Waals surface area contributed by atoms with Crippen molar-refractivity contribution in [3.63, 3.8) is 0 Å².